The van der Waals surface area contributed by atoms with Crippen LogP contribution in [0.3, 0.4) is 0 Å². The van der Waals surface area contributed by atoms with Crippen molar-refractivity contribution in [3.63, 3.8) is 0 Å². The highest BCUT2D eigenvalue weighted by atomic mass is 16.6. The molecule has 0 saturated carbocycles. The monoisotopic (exact) mass is 872 g/mol. The van der Waals surface area contributed by atoms with Crippen molar-refractivity contribution in [1.82, 2.24) is 0 Å². The van der Waals surface area contributed by atoms with E-state index in [4.69, 9.17) is 14.2 Å². The van der Waals surface area contributed by atoms with Gasteiger partial charge in [0.05, 0.1) is 40.3 Å². The van der Waals surface area contributed by atoms with Crippen LogP contribution in [0.2, 0.25) is 0 Å². The highest BCUT2D eigenvalue weighted by Gasteiger charge is 2.25. The molecule has 0 amide bonds. The van der Waals surface area contributed by atoms with Crippen molar-refractivity contribution in [2.75, 3.05) is 41.0 Å². The Morgan fingerprint density at radius 3 is 1.25 bits per heavy atom. The minimum absolute atomic E-state index is 0.00364. The van der Waals surface area contributed by atoms with Crippen LogP contribution in [-0.2, 0) is 28.6 Å². The second-order valence-corrected chi connectivity index (χ2v) is 16.2. The average Bonchev–Trinajstić information content (AvgIpc) is 3.24. The lowest BCUT2D eigenvalue weighted by atomic mass is 10.1. The van der Waals surface area contributed by atoms with Crippen LogP contribution in [-0.4, -0.2) is 75.5 Å². The number of rotatable bonds is 40. The van der Waals surface area contributed by atoms with E-state index >= 15 is 0 Å². The number of aliphatic carboxylic acids is 1. The van der Waals surface area contributed by atoms with Crippen molar-refractivity contribution in [1.29, 1.82) is 0 Å². The molecule has 8 nitrogen and oxygen atoms in total. The van der Waals surface area contributed by atoms with E-state index in [0.29, 0.717) is 6.42 Å². The van der Waals surface area contributed by atoms with Crippen molar-refractivity contribution >= 4 is 17.9 Å². The fourth-order valence-corrected chi connectivity index (χ4v) is 5.93. The molecular formula is C55H85NO7. The Morgan fingerprint density at radius 1 is 0.476 bits per heavy atom. The van der Waals surface area contributed by atoms with Crippen LogP contribution in [0.15, 0.2) is 134 Å². The first-order chi connectivity index (χ1) is 30.6. The summed E-state index contributed by atoms with van der Waals surface area (Å²) in [7, 11) is 5.36. The van der Waals surface area contributed by atoms with Crippen LogP contribution in [0, 0.1) is 0 Å². The number of allylic oxidation sites excluding steroid dienone is 22. The van der Waals surface area contributed by atoms with Gasteiger partial charge in [0.2, 0.25) is 0 Å². The molecule has 0 spiro atoms. The summed E-state index contributed by atoms with van der Waals surface area (Å²) in [6.07, 6.45) is 63.4. The maximum atomic E-state index is 12.7. The Labute approximate surface area is 383 Å². The predicted molar refractivity (Wildman–Crippen MR) is 263 cm³/mol. The number of carbonyl (C=O) groups excluding carboxylic acids is 3. The molecule has 0 fully saturated rings. The van der Waals surface area contributed by atoms with Gasteiger partial charge in [-0.15, -0.1) is 0 Å². The second kappa shape index (κ2) is 44.1. The van der Waals surface area contributed by atoms with Gasteiger partial charge in [-0.3, -0.25) is 9.59 Å². The van der Waals surface area contributed by atoms with Crippen LogP contribution < -0.4 is 5.11 Å². The van der Waals surface area contributed by atoms with E-state index < -0.39 is 18.1 Å². The number of unbranched alkanes of at least 4 members (excludes halogenated alkanes) is 4. The van der Waals surface area contributed by atoms with Crippen molar-refractivity contribution in [3.8, 4) is 0 Å². The predicted octanol–water partition coefficient (Wildman–Crippen LogP) is 12.2. The molecule has 0 aromatic heterocycles. The molecule has 0 aliphatic rings. The van der Waals surface area contributed by atoms with E-state index in [-0.39, 0.29) is 55.5 Å². The molecule has 2 atom stereocenters. The zero-order chi connectivity index (χ0) is 46.3. The zero-order valence-corrected chi connectivity index (χ0v) is 39.9. The molecular weight excluding hydrogens is 787 g/mol. The highest BCUT2D eigenvalue weighted by Crippen LogP contribution is 2.11. The molecule has 63 heavy (non-hydrogen) atoms. The maximum absolute atomic E-state index is 12.7. The van der Waals surface area contributed by atoms with E-state index in [1.807, 2.05) is 0 Å². The number of likely N-dealkylation sites (N-methyl/N-ethyl adjacent to an activating group) is 1. The normalized spacial score (nSPS) is 14.1. The number of esters is 2. The van der Waals surface area contributed by atoms with Gasteiger partial charge in [-0.05, 0) is 103 Å². The molecule has 0 bridgehead atoms. The van der Waals surface area contributed by atoms with E-state index in [1.54, 1.807) is 21.1 Å². The SMILES string of the molecule is CC/C=C/C/C=C/C/C=C/C/C=C/C/C=C/C/C=C/CCCC(=O)OC(COCCC(C(=O)[O-])[N+](C)(C)C)COC(=O)CCCCC/C=C/C/C=C/C/C=C/C/C=C/C/C=C/CC. The summed E-state index contributed by atoms with van der Waals surface area (Å²) >= 11 is 0. The third kappa shape index (κ3) is 42.5. The molecule has 0 aliphatic heterocycles. The highest BCUT2D eigenvalue weighted by molar-refractivity contribution is 5.70. The molecule has 0 rings (SSSR count). The number of carboxylic acids is 1. The molecule has 8 heteroatoms. The van der Waals surface area contributed by atoms with Gasteiger partial charge in [0.15, 0.2) is 6.10 Å². The second-order valence-electron chi connectivity index (χ2n) is 16.2. The number of carbonyl (C=O) groups is 3. The van der Waals surface area contributed by atoms with Crippen LogP contribution in [0.4, 0.5) is 0 Å². The largest absolute Gasteiger partial charge is 0.544 e. The first-order valence-electron chi connectivity index (χ1n) is 23.7. The zero-order valence-electron chi connectivity index (χ0n) is 39.9. The topological polar surface area (TPSA) is 102 Å². The molecule has 352 valence electrons. The van der Waals surface area contributed by atoms with Gasteiger partial charge < -0.3 is 28.6 Å². The number of nitrogens with zero attached hydrogens (tertiary/aromatic N) is 1. The van der Waals surface area contributed by atoms with Crippen molar-refractivity contribution in [2.45, 2.75) is 154 Å². The molecule has 0 N–H and O–H groups in total. The van der Waals surface area contributed by atoms with Crippen LogP contribution >= 0.6 is 0 Å². The van der Waals surface area contributed by atoms with Gasteiger partial charge in [-0.1, -0.05) is 154 Å². The minimum Gasteiger partial charge on any atom is -0.544 e. The van der Waals surface area contributed by atoms with Gasteiger partial charge in [0.1, 0.15) is 12.6 Å². The Morgan fingerprint density at radius 2 is 0.857 bits per heavy atom. The number of hydrogen-bond donors (Lipinski definition) is 0. The van der Waals surface area contributed by atoms with Gasteiger partial charge in [0, 0.05) is 19.3 Å². The number of quaternary nitrogens is 1. The fraction of sp³-hybridized carbons (Fsp3) is 0.545. The van der Waals surface area contributed by atoms with Crippen molar-refractivity contribution < 1.29 is 38.2 Å². The molecule has 0 aromatic rings. The minimum atomic E-state index is -1.15. The summed E-state index contributed by atoms with van der Waals surface area (Å²) < 4.78 is 17.1. The van der Waals surface area contributed by atoms with Gasteiger partial charge >= 0.3 is 11.9 Å². The number of ether oxygens (including phenoxy) is 3. The third-order valence-corrected chi connectivity index (χ3v) is 9.53. The summed E-state index contributed by atoms with van der Waals surface area (Å²) in [5.41, 5.74) is 0. The van der Waals surface area contributed by atoms with Crippen molar-refractivity contribution in [3.05, 3.63) is 134 Å². The summed E-state index contributed by atoms with van der Waals surface area (Å²) in [4.78, 5) is 36.9. The Bertz CT molecular complexity index is 1480. The quantitative estimate of drug-likeness (QED) is 0.0261. The Kier molecular flexibility index (Phi) is 40.9. The molecule has 0 heterocycles. The van der Waals surface area contributed by atoms with E-state index in [9.17, 15) is 19.5 Å². The summed E-state index contributed by atoms with van der Waals surface area (Å²) in [6, 6.07) is -0.751. The molecule has 2 unspecified atom stereocenters. The summed E-state index contributed by atoms with van der Waals surface area (Å²) in [5, 5.41) is 11.6. The van der Waals surface area contributed by atoms with Gasteiger partial charge in [-0.25, -0.2) is 0 Å². The van der Waals surface area contributed by atoms with Crippen LogP contribution in [0.5, 0.6) is 0 Å². The first-order valence-corrected chi connectivity index (χ1v) is 23.7. The van der Waals surface area contributed by atoms with Gasteiger partial charge in [-0.2, -0.15) is 0 Å². The van der Waals surface area contributed by atoms with Gasteiger partial charge in [0.25, 0.3) is 0 Å². The molecule has 0 radical (unpaired) electrons. The number of carboxylic acid groups (broad SMARTS) is 1. The van der Waals surface area contributed by atoms with E-state index in [0.717, 1.165) is 103 Å². The standard InChI is InChI=1S/C55H85NO7/c1-6-8-10-12-14-16-18-20-22-24-26-28-30-32-34-36-38-40-42-44-46-54(58)63-51(49-61-48-47-52(55(59)60)56(3,4)5)50-62-53(57)45-43-41-39-37-35-33-31-29-27-25-23-21-19-17-15-13-11-9-7-2/h8-11,14-17,20-23,26-29,32-35,38,40,51-52H,6-7,12-13,18-19,24-25,30-31,36-37,39,41-50H2,1-5H3/b10-8+,11-9+,16-14+,17-15+,22-20+,23-21+,28-26+,29-27+,34-32+,35-33+,40-38+. The molecule has 0 aromatic carbocycles. The van der Waals surface area contributed by atoms with E-state index in [1.165, 1.54) is 0 Å². The lowest BCUT2D eigenvalue weighted by Crippen LogP contribution is -2.55. The first kappa shape index (κ1) is 58.5. The maximum Gasteiger partial charge on any atom is 0.306 e. The lowest BCUT2D eigenvalue weighted by molar-refractivity contribution is -0.889. The third-order valence-electron chi connectivity index (χ3n) is 9.53. The number of hydrogen-bond acceptors (Lipinski definition) is 7. The fourth-order valence-electron chi connectivity index (χ4n) is 5.93. The average molecular weight is 872 g/mol. The summed E-state index contributed by atoms with van der Waals surface area (Å²) in [6.45, 7) is 4.31. The molecule has 0 saturated heterocycles. The molecule has 0 aliphatic carbocycles. The smallest absolute Gasteiger partial charge is 0.306 e. The van der Waals surface area contributed by atoms with Crippen molar-refractivity contribution in [2.24, 2.45) is 0 Å². The van der Waals surface area contributed by atoms with E-state index in [2.05, 4.69) is 148 Å². The lowest BCUT2D eigenvalue weighted by Gasteiger charge is -2.34. The van der Waals surface area contributed by atoms with Crippen LogP contribution in [0.25, 0.3) is 0 Å². The Hall–Kier alpha value is -4.53. The Balaban J connectivity index is 4.51. The summed E-state index contributed by atoms with van der Waals surface area (Å²) in [5.74, 6) is -1.88. The van der Waals surface area contributed by atoms with Crippen LogP contribution in [0.1, 0.15) is 142 Å².